The summed E-state index contributed by atoms with van der Waals surface area (Å²) in [6, 6.07) is 7.70. The molecule has 0 saturated carbocycles. The Bertz CT molecular complexity index is 402. The molecule has 0 amide bonds. The third-order valence-electron chi connectivity index (χ3n) is 3.74. The Morgan fingerprint density at radius 3 is 2.78 bits per heavy atom. The van der Waals surface area contributed by atoms with Crippen LogP contribution in [0.3, 0.4) is 0 Å². The zero-order valence-corrected chi connectivity index (χ0v) is 11.3. The third kappa shape index (κ3) is 2.52. The highest BCUT2D eigenvalue weighted by Crippen LogP contribution is 2.40. The molecule has 1 aromatic rings. The Hall–Kier alpha value is -1.06. The first kappa shape index (κ1) is 13.4. The SMILES string of the molecule is COc1ccccc1C1(O)CCOC(C(C)C)C1. The first-order chi connectivity index (χ1) is 8.57. The Labute approximate surface area is 109 Å². The second-order valence-electron chi connectivity index (χ2n) is 5.34. The van der Waals surface area contributed by atoms with Gasteiger partial charge in [0.2, 0.25) is 0 Å². The lowest BCUT2D eigenvalue weighted by Gasteiger charge is -2.39. The summed E-state index contributed by atoms with van der Waals surface area (Å²) in [5.41, 5.74) is 0.0428. The summed E-state index contributed by atoms with van der Waals surface area (Å²) in [7, 11) is 1.64. The number of rotatable bonds is 3. The van der Waals surface area contributed by atoms with Gasteiger partial charge in [-0.3, -0.25) is 0 Å². The zero-order chi connectivity index (χ0) is 13.2. The van der Waals surface area contributed by atoms with Crippen LogP contribution < -0.4 is 4.74 Å². The Kier molecular flexibility index (Phi) is 3.93. The predicted octanol–water partition coefficient (Wildman–Crippen LogP) is 2.72. The summed E-state index contributed by atoms with van der Waals surface area (Å²) in [5, 5.41) is 10.9. The average molecular weight is 250 g/mol. The van der Waals surface area contributed by atoms with Crippen molar-refractivity contribution in [2.24, 2.45) is 5.92 Å². The third-order valence-corrected chi connectivity index (χ3v) is 3.74. The maximum atomic E-state index is 10.9. The molecule has 18 heavy (non-hydrogen) atoms. The van der Waals surface area contributed by atoms with Gasteiger partial charge in [0.25, 0.3) is 0 Å². The highest BCUT2D eigenvalue weighted by molar-refractivity contribution is 5.38. The molecule has 1 fully saturated rings. The Morgan fingerprint density at radius 2 is 2.11 bits per heavy atom. The van der Waals surface area contributed by atoms with Gasteiger partial charge in [0.05, 0.1) is 25.4 Å². The van der Waals surface area contributed by atoms with E-state index in [0.717, 1.165) is 11.3 Å². The number of aliphatic hydroxyl groups is 1. The van der Waals surface area contributed by atoms with Crippen molar-refractivity contribution in [3.63, 3.8) is 0 Å². The lowest BCUT2D eigenvalue weighted by molar-refractivity contribution is -0.122. The van der Waals surface area contributed by atoms with Crippen LogP contribution in [0.2, 0.25) is 0 Å². The zero-order valence-electron chi connectivity index (χ0n) is 11.3. The van der Waals surface area contributed by atoms with E-state index in [0.29, 0.717) is 25.4 Å². The quantitative estimate of drug-likeness (QED) is 0.896. The van der Waals surface area contributed by atoms with Crippen molar-refractivity contribution < 1.29 is 14.6 Å². The van der Waals surface area contributed by atoms with Gasteiger partial charge in [-0.05, 0) is 12.0 Å². The van der Waals surface area contributed by atoms with Gasteiger partial charge in [0.15, 0.2) is 0 Å². The molecular weight excluding hydrogens is 228 g/mol. The van der Waals surface area contributed by atoms with E-state index in [-0.39, 0.29) is 6.10 Å². The standard InChI is InChI=1S/C15H22O3/c1-11(2)14-10-15(16,8-9-18-14)12-6-4-5-7-13(12)17-3/h4-7,11,14,16H,8-10H2,1-3H3. The van der Waals surface area contributed by atoms with Crippen LogP contribution in [0.5, 0.6) is 5.75 Å². The molecular formula is C15H22O3. The first-order valence-corrected chi connectivity index (χ1v) is 6.54. The second kappa shape index (κ2) is 5.29. The molecule has 1 aliphatic rings. The molecule has 2 unspecified atom stereocenters. The normalized spacial score (nSPS) is 28.4. The number of ether oxygens (including phenoxy) is 2. The van der Waals surface area contributed by atoms with Crippen molar-refractivity contribution in [1.82, 2.24) is 0 Å². The van der Waals surface area contributed by atoms with Crippen LogP contribution in [0.15, 0.2) is 24.3 Å². The Balaban J connectivity index is 2.29. The topological polar surface area (TPSA) is 38.7 Å². The van der Waals surface area contributed by atoms with Crippen LogP contribution in [0.4, 0.5) is 0 Å². The van der Waals surface area contributed by atoms with Crippen LogP contribution in [-0.2, 0) is 10.3 Å². The number of hydrogen-bond donors (Lipinski definition) is 1. The molecule has 2 rings (SSSR count). The molecule has 3 nitrogen and oxygen atoms in total. The van der Waals surface area contributed by atoms with Gasteiger partial charge in [-0.1, -0.05) is 32.0 Å². The van der Waals surface area contributed by atoms with Gasteiger partial charge < -0.3 is 14.6 Å². The van der Waals surface area contributed by atoms with E-state index in [1.54, 1.807) is 7.11 Å². The highest BCUT2D eigenvalue weighted by Gasteiger charge is 2.39. The van der Waals surface area contributed by atoms with Crippen LogP contribution >= 0.6 is 0 Å². The van der Waals surface area contributed by atoms with E-state index in [2.05, 4.69) is 13.8 Å². The van der Waals surface area contributed by atoms with Crippen LogP contribution in [0, 0.1) is 5.92 Å². The van der Waals surface area contributed by atoms with Crippen LogP contribution in [-0.4, -0.2) is 24.9 Å². The van der Waals surface area contributed by atoms with Crippen LogP contribution in [0.25, 0.3) is 0 Å². The first-order valence-electron chi connectivity index (χ1n) is 6.54. The van der Waals surface area contributed by atoms with Crippen molar-refractivity contribution in [2.45, 2.75) is 38.4 Å². The fourth-order valence-corrected chi connectivity index (χ4v) is 2.57. The van der Waals surface area contributed by atoms with Gasteiger partial charge in [-0.25, -0.2) is 0 Å². The number of para-hydroxylation sites is 1. The summed E-state index contributed by atoms with van der Waals surface area (Å²) < 4.78 is 11.1. The lowest BCUT2D eigenvalue weighted by Crippen LogP contribution is -2.40. The molecule has 0 bridgehead atoms. The fourth-order valence-electron chi connectivity index (χ4n) is 2.57. The van der Waals surface area contributed by atoms with E-state index in [1.165, 1.54) is 0 Å². The Morgan fingerprint density at radius 1 is 1.39 bits per heavy atom. The van der Waals surface area contributed by atoms with E-state index < -0.39 is 5.60 Å². The minimum absolute atomic E-state index is 0.105. The van der Waals surface area contributed by atoms with Gasteiger partial charge in [0.1, 0.15) is 5.75 Å². The molecule has 0 aromatic heterocycles. The summed E-state index contributed by atoms with van der Waals surface area (Å²) in [6.07, 6.45) is 1.36. The smallest absolute Gasteiger partial charge is 0.124 e. The summed E-state index contributed by atoms with van der Waals surface area (Å²) in [4.78, 5) is 0. The maximum absolute atomic E-state index is 10.9. The van der Waals surface area contributed by atoms with Gasteiger partial charge in [0, 0.05) is 18.4 Å². The minimum Gasteiger partial charge on any atom is -0.496 e. The van der Waals surface area contributed by atoms with Crippen LogP contribution in [0.1, 0.15) is 32.3 Å². The monoisotopic (exact) mass is 250 g/mol. The summed E-state index contributed by atoms with van der Waals surface area (Å²) >= 11 is 0. The molecule has 1 aromatic carbocycles. The van der Waals surface area contributed by atoms with Crippen molar-refractivity contribution in [3.8, 4) is 5.75 Å². The minimum atomic E-state index is -0.834. The van der Waals surface area contributed by atoms with Gasteiger partial charge in [-0.2, -0.15) is 0 Å². The largest absolute Gasteiger partial charge is 0.496 e. The molecule has 0 radical (unpaired) electrons. The van der Waals surface area contributed by atoms with E-state index in [1.807, 2.05) is 24.3 Å². The lowest BCUT2D eigenvalue weighted by atomic mass is 9.81. The average Bonchev–Trinajstić information content (AvgIpc) is 2.38. The van der Waals surface area contributed by atoms with Gasteiger partial charge >= 0.3 is 0 Å². The van der Waals surface area contributed by atoms with E-state index in [4.69, 9.17) is 9.47 Å². The predicted molar refractivity (Wildman–Crippen MR) is 70.7 cm³/mol. The van der Waals surface area contributed by atoms with Crippen molar-refractivity contribution >= 4 is 0 Å². The molecule has 100 valence electrons. The molecule has 1 saturated heterocycles. The van der Waals surface area contributed by atoms with E-state index >= 15 is 0 Å². The van der Waals surface area contributed by atoms with Gasteiger partial charge in [-0.15, -0.1) is 0 Å². The molecule has 2 atom stereocenters. The molecule has 1 N–H and O–H groups in total. The number of methoxy groups -OCH3 is 1. The molecule has 0 spiro atoms. The highest BCUT2D eigenvalue weighted by atomic mass is 16.5. The molecule has 3 heteroatoms. The van der Waals surface area contributed by atoms with Crippen molar-refractivity contribution in [2.75, 3.05) is 13.7 Å². The molecule has 0 aliphatic carbocycles. The molecule has 1 heterocycles. The fraction of sp³-hybridized carbons (Fsp3) is 0.600. The van der Waals surface area contributed by atoms with Crippen molar-refractivity contribution in [3.05, 3.63) is 29.8 Å². The molecule has 1 aliphatic heterocycles. The maximum Gasteiger partial charge on any atom is 0.124 e. The number of benzene rings is 1. The van der Waals surface area contributed by atoms with Crippen molar-refractivity contribution in [1.29, 1.82) is 0 Å². The summed E-state index contributed by atoms with van der Waals surface area (Å²) in [6.45, 7) is 4.84. The second-order valence-corrected chi connectivity index (χ2v) is 5.34. The number of hydrogen-bond acceptors (Lipinski definition) is 3. The summed E-state index contributed by atoms with van der Waals surface area (Å²) in [5.74, 6) is 1.16. The van der Waals surface area contributed by atoms with E-state index in [9.17, 15) is 5.11 Å².